The number of benzene rings is 2. The molecule has 0 aliphatic heterocycles. The number of H-pyrrole nitrogens is 1. The Morgan fingerprint density at radius 1 is 0.933 bits per heavy atom. The van der Waals surface area contributed by atoms with Crippen LogP contribution in [-0.4, -0.2) is 27.8 Å². The molecule has 0 bridgehead atoms. The van der Waals surface area contributed by atoms with E-state index in [9.17, 15) is 19.2 Å². The summed E-state index contributed by atoms with van der Waals surface area (Å²) in [7, 11) is 0. The van der Waals surface area contributed by atoms with Gasteiger partial charge in [-0.25, -0.2) is 4.98 Å². The predicted octanol–water partition coefficient (Wildman–Crippen LogP) is 1.50. The highest BCUT2D eigenvalue weighted by Gasteiger charge is 2.21. The Morgan fingerprint density at radius 2 is 1.50 bits per heavy atom. The van der Waals surface area contributed by atoms with Gasteiger partial charge in [0.2, 0.25) is 5.82 Å². The molecule has 0 unspecified atom stereocenters. The zero-order valence-corrected chi connectivity index (χ0v) is 15.9. The van der Waals surface area contributed by atoms with E-state index in [1.54, 1.807) is 0 Å². The van der Waals surface area contributed by atoms with Crippen molar-refractivity contribution in [1.29, 1.82) is 0 Å². The van der Waals surface area contributed by atoms with E-state index in [1.807, 2.05) is 66.1 Å². The molecule has 9 nitrogen and oxygen atoms in total. The monoisotopic (exact) mass is 406 g/mol. The van der Waals surface area contributed by atoms with Gasteiger partial charge in [-0.2, -0.15) is 5.48 Å². The lowest BCUT2D eigenvalue weighted by Crippen LogP contribution is -2.35. The van der Waals surface area contributed by atoms with Crippen molar-refractivity contribution in [2.45, 2.75) is 13.0 Å². The van der Waals surface area contributed by atoms with E-state index in [0.29, 0.717) is 0 Å². The molecule has 0 saturated heterocycles. The Hall–Kier alpha value is -4.27. The summed E-state index contributed by atoms with van der Waals surface area (Å²) in [6.45, 7) is 1.10. The van der Waals surface area contributed by atoms with Crippen molar-refractivity contribution in [1.82, 2.24) is 20.8 Å². The molecule has 3 N–H and O–H groups in total. The number of carbonyl (C=O) groups excluding carboxylic acids is 3. The minimum absolute atomic E-state index is 0.268. The summed E-state index contributed by atoms with van der Waals surface area (Å²) in [5.74, 6) is -2.73. The molecule has 0 radical (unpaired) electrons. The summed E-state index contributed by atoms with van der Waals surface area (Å²) in [6.07, 6.45) is 0.990. The highest BCUT2D eigenvalue weighted by molar-refractivity contribution is 5.95. The van der Waals surface area contributed by atoms with Crippen LogP contribution in [0.5, 0.6) is 0 Å². The zero-order chi connectivity index (χ0) is 21.5. The van der Waals surface area contributed by atoms with Crippen LogP contribution in [-0.2, 0) is 9.63 Å². The van der Waals surface area contributed by atoms with Gasteiger partial charge in [0.25, 0.3) is 11.5 Å². The molecule has 1 aromatic heterocycles. The van der Waals surface area contributed by atoms with Gasteiger partial charge in [-0.05, 0) is 11.1 Å². The maximum atomic E-state index is 12.8. The van der Waals surface area contributed by atoms with Gasteiger partial charge in [-0.15, -0.1) is 0 Å². The van der Waals surface area contributed by atoms with Crippen LogP contribution in [0.1, 0.15) is 45.1 Å². The molecule has 0 spiro atoms. The van der Waals surface area contributed by atoms with Crippen LogP contribution in [0.4, 0.5) is 0 Å². The topological polar surface area (TPSA) is 130 Å². The summed E-state index contributed by atoms with van der Waals surface area (Å²) in [5.41, 5.74) is 2.41. The van der Waals surface area contributed by atoms with Crippen molar-refractivity contribution < 1.29 is 19.2 Å². The van der Waals surface area contributed by atoms with Crippen molar-refractivity contribution in [2.75, 3.05) is 0 Å². The summed E-state index contributed by atoms with van der Waals surface area (Å²) in [4.78, 5) is 58.0. The van der Waals surface area contributed by atoms with Crippen molar-refractivity contribution in [2.24, 2.45) is 0 Å². The number of amides is 2. The van der Waals surface area contributed by atoms with E-state index in [2.05, 4.69) is 20.1 Å². The molecule has 2 aromatic carbocycles. The number of nitrogens with one attached hydrogen (secondary N) is 3. The maximum absolute atomic E-state index is 12.8. The van der Waals surface area contributed by atoms with E-state index in [4.69, 9.17) is 0 Å². The van der Waals surface area contributed by atoms with Crippen LogP contribution >= 0.6 is 0 Å². The Bertz CT molecular complexity index is 1070. The number of nitrogens with zero attached hydrogens (tertiary/aromatic N) is 1. The Balaban J connectivity index is 1.83. The first-order chi connectivity index (χ1) is 14.5. The third-order valence-electron chi connectivity index (χ3n) is 4.09. The number of aromatic amines is 1. The molecule has 0 atom stereocenters. The molecule has 0 aliphatic carbocycles. The van der Waals surface area contributed by atoms with E-state index >= 15 is 0 Å². The average molecular weight is 406 g/mol. The van der Waals surface area contributed by atoms with Crippen molar-refractivity contribution in [3.05, 3.63) is 99.7 Å². The second-order valence-electron chi connectivity index (χ2n) is 6.23. The normalized spacial score (nSPS) is 10.3. The third kappa shape index (κ3) is 4.96. The molecule has 2 amide bonds. The highest BCUT2D eigenvalue weighted by atomic mass is 16.7. The number of hydroxylamine groups is 1. The number of carbonyl (C=O) groups is 3. The number of hydrogen-bond donors (Lipinski definition) is 3. The summed E-state index contributed by atoms with van der Waals surface area (Å²) in [6, 6.07) is 18.1. The predicted molar refractivity (Wildman–Crippen MR) is 106 cm³/mol. The molecular weight excluding hydrogens is 388 g/mol. The molecule has 30 heavy (non-hydrogen) atoms. The minimum Gasteiger partial charge on any atom is -0.341 e. The van der Waals surface area contributed by atoms with Gasteiger partial charge in [0, 0.05) is 13.1 Å². The van der Waals surface area contributed by atoms with Gasteiger partial charge in [0.15, 0.2) is 0 Å². The van der Waals surface area contributed by atoms with E-state index in [0.717, 1.165) is 24.2 Å². The zero-order valence-electron chi connectivity index (χ0n) is 15.9. The van der Waals surface area contributed by atoms with Gasteiger partial charge in [0.1, 0.15) is 5.56 Å². The van der Waals surface area contributed by atoms with Crippen LogP contribution in [0, 0.1) is 0 Å². The molecule has 0 fully saturated rings. The van der Waals surface area contributed by atoms with Crippen molar-refractivity contribution >= 4 is 17.8 Å². The van der Waals surface area contributed by atoms with Crippen molar-refractivity contribution in [3.63, 3.8) is 0 Å². The smallest absolute Gasteiger partial charge is 0.329 e. The fourth-order valence-electron chi connectivity index (χ4n) is 2.70. The van der Waals surface area contributed by atoms with Crippen LogP contribution in [0.25, 0.3) is 0 Å². The Kier molecular flexibility index (Phi) is 6.33. The number of hydrogen-bond acceptors (Lipinski definition) is 6. The molecule has 1 heterocycles. The lowest BCUT2D eigenvalue weighted by atomic mass is 9.98. The number of rotatable bonds is 5. The van der Waals surface area contributed by atoms with Crippen molar-refractivity contribution in [3.8, 4) is 0 Å². The van der Waals surface area contributed by atoms with Crippen LogP contribution in [0.3, 0.4) is 0 Å². The standard InChI is InChI=1S/C21H18N4O5/c1-13(26)30-25-21(29)18-22-12-16(20(28)24-18)19(27)23-17(14-8-4-2-5-9-14)15-10-6-3-7-11-15/h2-12,17H,1H3,(H,23,27)(H,25,29)(H,22,24,28). The van der Waals surface area contributed by atoms with Crippen LogP contribution in [0.2, 0.25) is 0 Å². The molecule has 3 rings (SSSR count). The average Bonchev–Trinajstić information content (AvgIpc) is 2.76. The maximum Gasteiger partial charge on any atom is 0.329 e. The first-order valence-corrected chi connectivity index (χ1v) is 8.93. The van der Waals surface area contributed by atoms with Gasteiger partial charge < -0.3 is 15.1 Å². The molecule has 9 heteroatoms. The van der Waals surface area contributed by atoms with Gasteiger partial charge >= 0.3 is 11.9 Å². The fourth-order valence-corrected chi connectivity index (χ4v) is 2.70. The third-order valence-corrected chi connectivity index (χ3v) is 4.09. The molecule has 0 aliphatic rings. The molecule has 3 aromatic rings. The fraction of sp³-hybridized carbons (Fsp3) is 0.0952. The first-order valence-electron chi connectivity index (χ1n) is 8.93. The summed E-state index contributed by atoms with van der Waals surface area (Å²) < 4.78 is 0. The van der Waals surface area contributed by atoms with Crippen LogP contribution in [0.15, 0.2) is 71.7 Å². The lowest BCUT2D eigenvalue weighted by molar-refractivity contribution is -0.146. The number of aromatic nitrogens is 2. The van der Waals surface area contributed by atoms with Gasteiger partial charge in [0.05, 0.1) is 6.04 Å². The quantitative estimate of drug-likeness (QED) is 0.551. The second kappa shape index (κ2) is 9.28. The second-order valence-corrected chi connectivity index (χ2v) is 6.23. The molecular formula is C21H18N4O5. The Labute approximate surface area is 171 Å². The summed E-state index contributed by atoms with van der Waals surface area (Å²) >= 11 is 0. The molecule has 152 valence electrons. The van der Waals surface area contributed by atoms with Gasteiger partial charge in [-0.3, -0.25) is 19.2 Å². The van der Waals surface area contributed by atoms with Crippen LogP contribution < -0.4 is 16.4 Å². The van der Waals surface area contributed by atoms with E-state index in [1.165, 1.54) is 0 Å². The molecule has 0 saturated carbocycles. The van der Waals surface area contributed by atoms with E-state index in [-0.39, 0.29) is 5.56 Å². The lowest BCUT2D eigenvalue weighted by Gasteiger charge is -2.19. The Morgan fingerprint density at radius 3 is 2.00 bits per heavy atom. The largest absolute Gasteiger partial charge is 0.341 e. The van der Waals surface area contributed by atoms with Gasteiger partial charge in [-0.1, -0.05) is 60.7 Å². The SMILES string of the molecule is CC(=O)ONC(=O)c1ncc(C(=O)NC(c2ccccc2)c2ccccc2)c(=O)[nH]1. The highest BCUT2D eigenvalue weighted by Crippen LogP contribution is 2.22. The minimum atomic E-state index is -0.930. The van der Waals surface area contributed by atoms with E-state index < -0.39 is 35.2 Å². The first kappa shape index (κ1) is 20.5. The summed E-state index contributed by atoms with van der Waals surface area (Å²) in [5, 5.41) is 2.83.